The van der Waals surface area contributed by atoms with Crippen LogP contribution in [0.15, 0.2) is 164 Å². The van der Waals surface area contributed by atoms with Gasteiger partial charge in [0.1, 0.15) is 11.3 Å². The fourth-order valence-corrected chi connectivity index (χ4v) is 9.59. The van der Waals surface area contributed by atoms with Crippen LogP contribution in [0.4, 0.5) is 26.3 Å². The Bertz CT molecular complexity index is 3950. The average Bonchev–Trinajstić information content (AvgIpc) is 3.80. The molecule has 0 aliphatic rings. The molecule has 0 aliphatic heterocycles. The number of benzene rings is 8. The first kappa shape index (κ1) is 50.7. The van der Waals surface area contributed by atoms with Gasteiger partial charge in [0.25, 0.3) is 0 Å². The van der Waals surface area contributed by atoms with Crippen LogP contribution in [0.3, 0.4) is 0 Å². The molecule has 0 unspecified atom stereocenters. The van der Waals surface area contributed by atoms with E-state index in [-0.39, 0.29) is 26.0 Å². The van der Waals surface area contributed by atoms with Crippen molar-refractivity contribution in [2.45, 2.75) is 12.4 Å². The van der Waals surface area contributed by atoms with Crippen LogP contribution in [0.25, 0.3) is 95.1 Å². The first-order chi connectivity index (χ1) is 34.6. The summed E-state index contributed by atoms with van der Waals surface area (Å²) >= 11 is 9.72. The number of thiol groups is 2. The molecule has 0 amide bonds. The summed E-state index contributed by atoms with van der Waals surface area (Å²) in [5, 5.41) is 36.1. The Morgan fingerprint density at radius 1 is 0.507 bits per heavy atom. The largest absolute Gasteiger partial charge is 3.00 e. The molecule has 0 atom stereocenters. The molecular weight excluding hydrogens is 1180 g/mol. The van der Waals surface area contributed by atoms with E-state index in [1.807, 2.05) is 60.7 Å². The van der Waals surface area contributed by atoms with E-state index in [9.17, 15) is 26.3 Å². The molecule has 8 aromatic carbocycles. The number of ether oxygens (including phenoxy) is 1. The smallest absolute Gasteiger partial charge is 0.436 e. The van der Waals surface area contributed by atoms with E-state index >= 15 is 0 Å². The third-order valence-electron chi connectivity index (χ3n) is 11.5. The van der Waals surface area contributed by atoms with Crippen LogP contribution in [-0.2, 0) is 32.5 Å². The zero-order chi connectivity index (χ0) is 50.3. The Labute approximate surface area is 440 Å². The van der Waals surface area contributed by atoms with Crippen LogP contribution in [0.1, 0.15) is 22.5 Å². The molecule has 17 heteroatoms. The predicted molar refractivity (Wildman–Crippen MR) is 281 cm³/mol. The monoisotopic (exact) mass is 1210 g/mol. The van der Waals surface area contributed by atoms with E-state index in [2.05, 4.69) is 110 Å². The number of alkyl halides is 6. The van der Waals surface area contributed by atoms with Crippen molar-refractivity contribution >= 4 is 121 Å². The predicted octanol–water partition coefficient (Wildman–Crippen LogP) is 16.3. The molecule has 4 heterocycles. The molecule has 360 valence electrons. The van der Waals surface area contributed by atoms with Gasteiger partial charge in [0.15, 0.2) is 0 Å². The topological polar surface area (TPSA) is 86.6 Å². The zero-order valence-corrected chi connectivity index (χ0v) is 42.2. The van der Waals surface area contributed by atoms with Crippen LogP contribution in [0, 0.1) is 19.2 Å². The second-order valence-electron chi connectivity index (χ2n) is 16.2. The van der Waals surface area contributed by atoms with Gasteiger partial charge in [-0.05, 0) is 99.8 Å². The molecule has 12 rings (SSSR count). The van der Waals surface area contributed by atoms with Gasteiger partial charge in [0.2, 0.25) is 5.88 Å². The van der Waals surface area contributed by atoms with Crippen LogP contribution < -0.4 is 4.74 Å². The molecule has 7 nitrogen and oxygen atoms in total. The Morgan fingerprint density at radius 3 is 1.45 bits per heavy atom. The Morgan fingerprint density at radius 2 is 0.973 bits per heavy atom. The van der Waals surface area contributed by atoms with Gasteiger partial charge in [-0.3, -0.25) is 13.2 Å². The Hall–Kier alpha value is -7.27. The van der Waals surface area contributed by atoms with Gasteiger partial charge < -0.3 is 4.74 Å². The summed E-state index contributed by atoms with van der Waals surface area (Å²) in [5.74, 6) is -1.36. The standard InChI is InChI=1S/C28H13F6N2OS.2C14H9N2S.Ir/c29-27(30,31)20-9-5-10-21(24(20)28(32,33)34)37-26-19-13-16-7-2-1-6-15(16)12-18(19)25(35-36-26)23-14-17-8-3-4-11-22(17)38-23;2*1-9(17)14-13-7-11-5-3-2-4-10(11)6-12(13)8-15-16-14;/h1-13H;2*1-8,17H;/q3*-1;+3. The fourth-order valence-electron chi connectivity index (χ4n) is 8.26. The van der Waals surface area contributed by atoms with E-state index in [0.717, 1.165) is 65.3 Å². The minimum atomic E-state index is -5.33. The van der Waals surface area contributed by atoms with E-state index in [0.29, 0.717) is 48.6 Å². The van der Waals surface area contributed by atoms with E-state index in [4.69, 9.17) is 17.9 Å². The third-order valence-corrected chi connectivity index (χ3v) is 13.0. The van der Waals surface area contributed by atoms with Gasteiger partial charge >= 0.3 is 32.5 Å². The van der Waals surface area contributed by atoms with E-state index < -0.39 is 29.2 Å². The van der Waals surface area contributed by atoms with Crippen molar-refractivity contribution in [3.63, 3.8) is 0 Å². The third kappa shape index (κ3) is 10.5. The van der Waals surface area contributed by atoms with Crippen LogP contribution in [0.5, 0.6) is 11.6 Å². The summed E-state index contributed by atoms with van der Waals surface area (Å²) in [6.07, 6.45) is -7.09. The zero-order valence-electron chi connectivity index (χ0n) is 37.2. The van der Waals surface area contributed by atoms with E-state index in [1.54, 1.807) is 36.7 Å². The van der Waals surface area contributed by atoms with Crippen molar-refractivity contribution in [1.82, 2.24) is 30.6 Å². The second-order valence-corrected chi connectivity index (χ2v) is 18.2. The van der Waals surface area contributed by atoms with Gasteiger partial charge in [0, 0.05) is 11.1 Å². The summed E-state index contributed by atoms with van der Waals surface area (Å²) < 4.78 is 88.3. The molecule has 0 fully saturated rings. The maximum atomic E-state index is 13.8. The molecule has 0 N–H and O–H groups in total. The van der Waals surface area contributed by atoms with Crippen LogP contribution >= 0.6 is 36.6 Å². The quantitative estimate of drug-likeness (QED) is 0.0768. The summed E-state index contributed by atoms with van der Waals surface area (Å²) in [7, 11) is 0. The number of halogens is 6. The number of aromatic nitrogens is 6. The maximum Gasteiger partial charge on any atom is 3.00 e. The SMILES string of the molecule is FC(F)(F)c1cccc(Oc2nnc(-c3[c-]c4ccccc4s3)c3cc4ccccc4cc23)c1C(F)(F)F.[CH-]=C(S)c1nncc2cc3ccccc3cc12.[CH-]=C(S)c1nncc2cc3ccccc3cc12.[Ir+3]. The van der Waals surface area contributed by atoms with Gasteiger partial charge in [-0.15, -0.1) is 38.5 Å². The van der Waals surface area contributed by atoms with Crippen molar-refractivity contribution in [3.8, 4) is 22.2 Å². The van der Waals surface area contributed by atoms with Gasteiger partial charge in [-0.1, -0.05) is 120 Å². The van der Waals surface area contributed by atoms with Crippen LogP contribution in [0.2, 0.25) is 0 Å². The summed E-state index contributed by atoms with van der Waals surface area (Å²) in [5.41, 5.74) is -2.07. The van der Waals surface area contributed by atoms with Gasteiger partial charge in [0.05, 0.1) is 18.0 Å². The summed E-state index contributed by atoms with van der Waals surface area (Å²) in [6.45, 7) is 11.4. The number of rotatable bonds is 5. The average molecular weight is 1210 g/mol. The summed E-state index contributed by atoms with van der Waals surface area (Å²) in [6, 6.07) is 48.3. The fraction of sp³-hybridized carbons (Fsp3) is 0.0357. The molecule has 4 aromatic heterocycles. The maximum absolute atomic E-state index is 13.8. The normalized spacial score (nSPS) is 11.6. The molecule has 0 saturated heterocycles. The number of hydrogen-bond acceptors (Lipinski definition) is 10. The van der Waals surface area contributed by atoms with Crippen molar-refractivity contribution in [3.05, 3.63) is 206 Å². The van der Waals surface area contributed by atoms with Crippen molar-refractivity contribution < 1.29 is 51.2 Å². The summed E-state index contributed by atoms with van der Waals surface area (Å²) in [4.78, 5) is 1.43. The van der Waals surface area contributed by atoms with Crippen LogP contribution in [-0.4, -0.2) is 30.6 Å². The number of hydrogen-bond donors (Lipinski definition) is 2. The second kappa shape index (κ2) is 20.7. The van der Waals surface area contributed by atoms with Crippen molar-refractivity contribution in [2.24, 2.45) is 0 Å². The van der Waals surface area contributed by atoms with Gasteiger partial charge in [-0.25, -0.2) is 21.5 Å². The Kier molecular flexibility index (Phi) is 14.4. The molecule has 73 heavy (non-hydrogen) atoms. The first-order valence-electron chi connectivity index (χ1n) is 21.6. The van der Waals surface area contributed by atoms with Gasteiger partial charge in [-0.2, -0.15) is 66.9 Å². The Balaban J connectivity index is 0.000000154. The molecular formula is C56H31F6IrN6OS3. The molecule has 0 aliphatic carbocycles. The molecule has 0 bridgehead atoms. The minimum absolute atomic E-state index is 0. The number of fused-ring (bicyclic) bond motifs is 7. The van der Waals surface area contributed by atoms with E-state index in [1.165, 1.54) is 22.1 Å². The first-order valence-corrected chi connectivity index (χ1v) is 23.3. The number of nitrogens with zero attached hydrogens (tertiary/aromatic N) is 6. The van der Waals surface area contributed by atoms with Crippen molar-refractivity contribution in [1.29, 1.82) is 0 Å². The molecule has 0 radical (unpaired) electrons. The molecule has 0 saturated carbocycles. The molecule has 0 spiro atoms. The molecule has 12 aromatic rings. The number of thiophene rings is 1. The van der Waals surface area contributed by atoms with Crippen molar-refractivity contribution in [2.75, 3.05) is 0 Å². The minimum Gasteiger partial charge on any atom is -0.436 e.